The highest BCUT2D eigenvalue weighted by molar-refractivity contribution is 5.75. The zero-order valence-electron chi connectivity index (χ0n) is 13.9. The Balaban J connectivity index is 1.91. The summed E-state index contributed by atoms with van der Waals surface area (Å²) in [6.07, 6.45) is 26.4. The molecule has 0 unspecified atom stereocenters. The first-order valence-electron chi connectivity index (χ1n) is 8.65. The van der Waals surface area contributed by atoms with Crippen LogP contribution in [0.2, 0.25) is 0 Å². The van der Waals surface area contributed by atoms with Crippen LogP contribution in [0.5, 0.6) is 0 Å². The Kier molecular flexibility index (Phi) is 11.0. The molecular formula is C20H30O2. The summed E-state index contributed by atoms with van der Waals surface area (Å²) < 4.78 is 5.00. The lowest BCUT2D eigenvalue weighted by molar-refractivity contribution is -0.139. The second-order valence-corrected chi connectivity index (χ2v) is 5.70. The number of unbranched alkanes of at least 4 members (excludes halogenated alkanes) is 3. The monoisotopic (exact) mass is 302 g/mol. The lowest BCUT2D eigenvalue weighted by Gasteiger charge is -1.93. The van der Waals surface area contributed by atoms with Crippen LogP contribution in [0.25, 0.3) is 0 Å². The molecule has 2 nitrogen and oxygen atoms in total. The van der Waals surface area contributed by atoms with Gasteiger partial charge < -0.3 is 4.74 Å². The maximum atomic E-state index is 11.2. The lowest BCUT2D eigenvalue weighted by Crippen LogP contribution is -2.00. The van der Waals surface area contributed by atoms with Crippen molar-refractivity contribution in [3.05, 3.63) is 48.8 Å². The number of rotatable bonds is 12. The van der Waals surface area contributed by atoms with Crippen molar-refractivity contribution in [1.29, 1.82) is 0 Å². The van der Waals surface area contributed by atoms with E-state index in [4.69, 9.17) is 4.74 Å². The third kappa shape index (κ3) is 11.1. The Morgan fingerprint density at radius 1 is 0.909 bits per heavy atom. The van der Waals surface area contributed by atoms with E-state index in [9.17, 15) is 4.79 Å². The van der Waals surface area contributed by atoms with Crippen LogP contribution in [0.4, 0.5) is 0 Å². The zero-order valence-corrected chi connectivity index (χ0v) is 13.9. The Hall–Kier alpha value is -1.57. The smallest absolute Gasteiger partial charge is 0.313 e. The molecule has 22 heavy (non-hydrogen) atoms. The van der Waals surface area contributed by atoms with E-state index in [0.717, 1.165) is 32.1 Å². The van der Waals surface area contributed by atoms with Gasteiger partial charge in [0.1, 0.15) is 0 Å². The summed E-state index contributed by atoms with van der Waals surface area (Å²) in [5.41, 5.74) is 0. The molecule has 0 heterocycles. The molecule has 0 N–H and O–H groups in total. The van der Waals surface area contributed by atoms with Crippen LogP contribution < -0.4 is 0 Å². The number of ether oxygens (including phenoxy) is 1. The molecule has 1 saturated carbocycles. The number of esters is 1. The zero-order chi connectivity index (χ0) is 15.9. The normalized spacial score (nSPS) is 15.7. The largest absolute Gasteiger partial charge is 0.435 e. The molecule has 122 valence electrons. The third-order valence-electron chi connectivity index (χ3n) is 3.48. The summed E-state index contributed by atoms with van der Waals surface area (Å²) in [6.45, 7) is 2.23. The maximum Gasteiger partial charge on any atom is 0.313 e. The molecule has 1 fully saturated rings. The van der Waals surface area contributed by atoms with Gasteiger partial charge in [0, 0.05) is 0 Å². The van der Waals surface area contributed by atoms with Gasteiger partial charge in [-0.25, -0.2) is 0 Å². The van der Waals surface area contributed by atoms with Gasteiger partial charge in [0.15, 0.2) is 0 Å². The standard InChI is InChI=1S/C20H30O2/c1-2-3-4-5-6-7-8-9-10-11-12-13-14-15-18-22-20(21)19-16-17-19/h6-7,9-10,12-13,15,18-19H,2-5,8,11,14,16-17H2,1H3. The molecule has 0 bridgehead atoms. The highest BCUT2D eigenvalue weighted by Gasteiger charge is 2.30. The predicted molar refractivity (Wildman–Crippen MR) is 93.4 cm³/mol. The summed E-state index contributed by atoms with van der Waals surface area (Å²) in [5.74, 6) is 0.0944. The minimum absolute atomic E-state index is 0.0779. The molecule has 0 radical (unpaired) electrons. The first kappa shape index (κ1) is 18.5. The van der Waals surface area contributed by atoms with Gasteiger partial charge in [0.25, 0.3) is 0 Å². The molecule has 2 heteroatoms. The van der Waals surface area contributed by atoms with Crippen molar-refractivity contribution in [3.63, 3.8) is 0 Å². The van der Waals surface area contributed by atoms with Crippen molar-refractivity contribution in [1.82, 2.24) is 0 Å². The van der Waals surface area contributed by atoms with Crippen molar-refractivity contribution < 1.29 is 9.53 Å². The van der Waals surface area contributed by atoms with Crippen LogP contribution in [0.3, 0.4) is 0 Å². The van der Waals surface area contributed by atoms with Gasteiger partial charge in [0.05, 0.1) is 12.2 Å². The molecule has 0 aromatic carbocycles. The third-order valence-corrected chi connectivity index (χ3v) is 3.48. The van der Waals surface area contributed by atoms with E-state index in [2.05, 4.69) is 43.4 Å². The van der Waals surface area contributed by atoms with Crippen molar-refractivity contribution in [3.8, 4) is 0 Å². The number of hydrogen-bond acceptors (Lipinski definition) is 2. The quantitative estimate of drug-likeness (QED) is 0.195. The molecule has 0 aromatic rings. The van der Waals surface area contributed by atoms with E-state index in [0.29, 0.717) is 0 Å². The fourth-order valence-corrected chi connectivity index (χ4v) is 1.93. The van der Waals surface area contributed by atoms with Crippen molar-refractivity contribution >= 4 is 5.97 Å². The van der Waals surface area contributed by atoms with E-state index in [1.54, 1.807) is 0 Å². The average molecular weight is 302 g/mol. The fraction of sp³-hybridized carbons (Fsp3) is 0.550. The first-order chi connectivity index (χ1) is 10.8. The van der Waals surface area contributed by atoms with Gasteiger partial charge in [0.2, 0.25) is 0 Å². The van der Waals surface area contributed by atoms with Crippen molar-refractivity contribution in [2.24, 2.45) is 5.92 Å². The molecule has 1 rings (SSSR count). The highest BCUT2D eigenvalue weighted by atomic mass is 16.5. The Morgan fingerprint density at radius 2 is 1.50 bits per heavy atom. The summed E-state index contributed by atoms with van der Waals surface area (Å²) >= 11 is 0. The summed E-state index contributed by atoms with van der Waals surface area (Å²) in [7, 11) is 0. The second kappa shape index (κ2) is 13.1. The summed E-state index contributed by atoms with van der Waals surface area (Å²) in [4.78, 5) is 11.2. The maximum absolute atomic E-state index is 11.2. The van der Waals surface area contributed by atoms with Gasteiger partial charge in [-0.2, -0.15) is 0 Å². The molecule has 0 saturated heterocycles. The SMILES string of the molecule is CCCCCC=CCC=CCC=CCC=COC(=O)C1CC1. The van der Waals surface area contributed by atoms with Crippen LogP contribution in [0.1, 0.15) is 64.7 Å². The highest BCUT2D eigenvalue weighted by Crippen LogP contribution is 2.30. The summed E-state index contributed by atoms with van der Waals surface area (Å²) in [6, 6.07) is 0. The molecule has 0 atom stereocenters. The van der Waals surface area contributed by atoms with E-state index < -0.39 is 0 Å². The van der Waals surface area contributed by atoms with Crippen LogP contribution >= 0.6 is 0 Å². The minimum Gasteiger partial charge on any atom is -0.435 e. The Labute approximate surface area is 135 Å². The molecule has 1 aliphatic rings. The summed E-state index contributed by atoms with van der Waals surface area (Å²) in [5, 5.41) is 0. The predicted octanol–water partition coefficient (Wildman–Crippen LogP) is 5.87. The second-order valence-electron chi connectivity index (χ2n) is 5.70. The average Bonchev–Trinajstić information content (AvgIpc) is 3.36. The van der Waals surface area contributed by atoms with Crippen molar-refractivity contribution in [2.45, 2.75) is 64.7 Å². The Morgan fingerprint density at radius 3 is 2.09 bits per heavy atom. The number of carbonyl (C=O) groups is 1. The lowest BCUT2D eigenvalue weighted by atomic mass is 10.2. The van der Waals surface area contributed by atoms with Gasteiger partial charge in [-0.1, -0.05) is 56.2 Å². The van der Waals surface area contributed by atoms with Gasteiger partial charge in [-0.05, 0) is 51.0 Å². The molecule has 0 aromatic heterocycles. The molecular weight excluding hydrogens is 272 g/mol. The van der Waals surface area contributed by atoms with Crippen LogP contribution in [0, 0.1) is 5.92 Å². The molecule has 1 aliphatic carbocycles. The van der Waals surface area contributed by atoms with E-state index in [-0.39, 0.29) is 11.9 Å². The molecule has 0 amide bonds. The van der Waals surface area contributed by atoms with E-state index in [1.165, 1.54) is 31.9 Å². The fourth-order valence-electron chi connectivity index (χ4n) is 1.93. The van der Waals surface area contributed by atoms with E-state index in [1.807, 2.05) is 6.08 Å². The van der Waals surface area contributed by atoms with Gasteiger partial charge >= 0.3 is 5.97 Å². The van der Waals surface area contributed by atoms with E-state index >= 15 is 0 Å². The van der Waals surface area contributed by atoms with Crippen LogP contribution in [0.15, 0.2) is 48.8 Å². The topological polar surface area (TPSA) is 26.3 Å². The van der Waals surface area contributed by atoms with Crippen molar-refractivity contribution in [2.75, 3.05) is 0 Å². The number of hydrogen-bond donors (Lipinski definition) is 0. The van der Waals surface area contributed by atoms with Gasteiger partial charge in [-0.15, -0.1) is 0 Å². The number of allylic oxidation sites excluding steroid dienone is 7. The first-order valence-corrected chi connectivity index (χ1v) is 8.65. The van der Waals surface area contributed by atoms with Gasteiger partial charge in [-0.3, -0.25) is 4.79 Å². The van der Waals surface area contributed by atoms with Crippen LogP contribution in [-0.2, 0) is 9.53 Å². The molecule has 0 aliphatic heterocycles. The van der Waals surface area contributed by atoms with Crippen LogP contribution in [-0.4, -0.2) is 5.97 Å². The Bertz CT molecular complexity index is 398. The number of carbonyl (C=O) groups excluding carboxylic acids is 1. The molecule has 0 spiro atoms. The minimum atomic E-state index is -0.0779.